The molecule has 3 aromatic carbocycles. The molecule has 2 bridgehead atoms. The van der Waals surface area contributed by atoms with Crippen LogP contribution >= 0.6 is 0 Å². The lowest BCUT2D eigenvalue weighted by atomic mass is 9.61. The van der Waals surface area contributed by atoms with E-state index in [1.807, 2.05) is 18.2 Å². The number of carbonyl (C=O) groups is 1. The van der Waals surface area contributed by atoms with E-state index >= 15 is 4.39 Å². The predicted octanol–water partition coefficient (Wildman–Crippen LogP) is 8.28. The zero-order valence-corrected chi connectivity index (χ0v) is 23.9. The molecule has 3 aliphatic carbocycles. The summed E-state index contributed by atoms with van der Waals surface area (Å²) in [6, 6.07) is 19.0. The number of aliphatic carboxylic acids is 1. The summed E-state index contributed by atoms with van der Waals surface area (Å²) in [5.41, 5.74) is 0.345. The molecule has 0 spiro atoms. The summed E-state index contributed by atoms with van der Waals surface area (Å²) >= 11 is 0. The average molecular weight is 609 g/mol. The van der Waals surface area contributed by atoms with Crippen LogP contribution in [-0.4, -0.2) is 27.1 Å². The Morgan fingerprint density at radius 1 is 0.978 bits per heavy atom. The van der Waals surface area contributed by atoms with Crippen LogP contribution < -0.4 is 10.1 Å². The van der Waals surface area contributed by atoms with Crippen LogP contribution in [0.2, 0.25) is 0 Å². The SMILES string of the molecule is N#Cc1c(-c2c[nH]c3c(F)cc(F)cc23)nc(NC2C3CCC(CC3)C2C(=O)O)c(F)c1-c1ccc(Oc2ccccc2)cc1. The average Bonchev–Trinajstić information content (AvgIpc) is 3.47. The van der Waals surface area contributed by atoms with Crippen LogP contribution in [0.15, 0.2) is 72.9 Å². The van der Waals surface area contributed by atoms with Crippen molar-refractivity contribution < 1.29 is 27.8 Å². The maximum absolute atomic E-state index is 16.7. The quantitative estimate of drug-likeness (QED) is 0.172. The molecule has 5 aromatic rings. The van der Waals surface area contributed by atoms with Crippen LogP contribution in [0.4, 0.5) is 19.0 Å². The summed E-state index contributed by atoms with van der Waals surface area (Å²) in [5.74, 6) is -3.31. The first kappa shape index (κ1) is 28.5. The molecule has 2 atom stereocenters. The summed E-state index contributed by atoms with van der Waals surface area (Å²) in [6.07, 6.45) is 4.62. The van der Waals surface area contributed by atoms with Gasteiger partial charge in [0.1, 0.15) is 29.2 Å². The minimum absolute atomic E-state index is 0.00473. The van der Waals surface area contributed by atoms with E-state index < -0.39 is 35.4 Å². The van der Waals surface area contributed by atoms with Gasteiger partial charge in [0.25, 0.3) is 0 Å². The molecule has 3 N–H and O–H groups in total. The zero-order chi connectivity index (χ0) is 31.2. The number of benzene rings is 3. The van der Waals surface area contributed by atoms with Crippen molar-refractivity contribution in [2.45, 2.75) is 31.7 Å². The maximum atomic E-state index is 16.7. The van der Waals surface area contributed by atoms with Crippen LogP contribution in [0, 0.1) is 46.5 Å². The van der Waals surface area contributed by atoms with Crippen LogP contribution in [0.3, 0.4) is 0 Å². The molecule has 0 saturated heterocycles. The number of nitrogens with zero attached hydrogens (tertiary/aromatic N) is 2. The molecule has 7 nitrogen and oxygen atoms in total. The number of H-pyrrole nitrogens is 1. The highest BCUT2D eigenvalue weighted by Gasteiger charge is 2.47. The number of ether oxygens (including phenoxy) is 1. The number of carboxylic acid groups (broad SMARTS) is 1. The van der Waals surface area contributed by atoms with Crippen molar-refractivity contribution >= 4 is 22.7 Å². The van der Waals surface area contributed by atoms with Crippen LogP contribution in [0.1, 0.15) is 31.2 Å². The highest BCUT2D eigenvalue weighted by atomic mass is 19.1. The van der Waals surface area contributed by atoms with Gasteiger partial charge < -0.3 is 20.1 Å². The van der Waals surface area contributed by atoms with Crippen molar-refractivity contribution in [3.63, 3.8) is 0 Å². The van der Waals surface area contributed by atoms with Crippen LogP contribution in [0.5, 0.6) is 11.5 Å². The molecule has 8 rings (SSSR count). The number of hydrogen-bond acceptors (Lipinski definition) is 5. The predicted molar refractivity (Wildman–Crippen MR) is 162 cm³/mol. The summed E-state index contributed by atoms with van der Waals surface area (Å²) in [7, 11) is 0. The minimum Gasteiger partial charge on any atom is -0.481 e. The molecular formula is C35H27F3N4O3. The second-order valence-electron chi connectivity index (χ2n) is 11.6. The summed E-state index contributed by atoms with van der Waals surface area (Å²) in [6.45, 7) is 0. The number of nitriles is 1. The van der Waals surface area contributed by atoms with E-state index in [0.717, 1.165) is 37.8 Å². The van der Waals surface area contributed by atoms with Gasteiger partial charge in [-0.05, 0) is 73.4 Å². The first-order valence-electron chi connectivity index (χ1n) is 14.7. The lowest BCUT2D eigenvalue weighted by Gasteiger charge is -2.47. The molecule has 3 fully saturated rings. The molecule has 2 aromatic heterocycles. The van der Waals surface area contributed by atoms with E-state index in [9.17, 15) is 23.9 Å². The van der Waals surface area contributed by atoms with E-state index in [-0.39, 0.29) is 50.9 Å². The molecule has 0 amide bonds. The van der Waals surface area contributed by atoms with Gasteiger partial charge >= 0.3 is 5.97 Å². The zero-order valence-electron chi connectivity index (χ0n) is 23.9. The van der Waals surface area contributed by atoms with Gasteiger partial charge in [0.15, 0.2) is 11.6 Å². The fourth-order valence-electron chi connectivity index (χ4n) is 7.07. The van der Waals surface area contributed by atoms with Gasteiger partial charge in [0.2, 0.25) is 0 Å². The fourth-order valence-corrected chi connectivity index (χ4v) is 7.07. The van der Waals surface area contributed by atoms with E-state index in [2.05, 4.69) is 21.4 Å². The Morgan fingerprint density at radius 3 is 2.36 bits per heavy atom. The van der Waals surface area contributed by atoms with E-state index in [0.29, 0.717) is 17.1 Å². The normalized spacial score (nSPS) is 20.6. The molecule has 3 aliphatic rings. The Morgan fingerprint density at radius 2 is 1.67 bits per heavy atom. The molecular weight excluding hydrogens is 581 g/mol. The van der Waals surface area contributed by atoms with E-state index in [4.69, 9.17) is 4.74 Å². The molecule has 2 unspecified atom stereocenters. The largest absolute Gasteiger partial charge is 0.481 e. The number of nitrogens with one attached hydrogen (secondary N) is 2. The second kappa shape index (κ2) is 11.3. The van der Waals surface area contributed by atoms with Crippen molar-refractivity contribution in [1.82, 2.24) is 9.97 Å². The number of pyridine rings is 1. The Hall–Kier alpha value is -5.30. The molecule has 2 heterocycles. The van der Waals surface area contributed by atoms with Crippen molar-refractivity contribution in [3.05, 3.63) is 95.9 Å². The van der Waals surface area contributed by atoms with Crippen molar-refractivity contribution in [2.75, 3.05) is 5.32 Å². The van der Waals surface area contributed by atoms with Crippen LogP contribution in [0.25, 0.3) is 33.3 Å². The third kappa shape index (κ3) is 5.04. The highest BCUT2D eigenvalue weighted by molar-refractivity contribution is 5.98. The number of fused-ring (bicyclic) bond motifs is 4. The van der Waals surface area contributed by atoms with Gasteiger partial charge in [0.05, 0.1) is 22.7 Å². The van der Waals surface area contributed by atoms with Crippen LogP contribution in [-0.2, 0) is 4.79 Å². The van der Waals surface area contributed by atoms with Crippen molar-refractivity contribution in [2.24, 2.45) is 17.8 Å². The first-order valence-corrected chi connectivity index (χ1v) is 14.7. The number of para-hydroxylation sites is 1. The van der Waals surface area contributed by atoms with Crippen molar-refractivity contribution in [3.8, 4) is 40.0 Å². The maximum Gasteiger partial charge on any atom is 0.308 e. The van der Waals surface area contributed by atoms with Gasteiger partial charge in [-0.1, -0.05) is 30.3 Å². The Labute approximate surface area is 256 Å². The second-order valence-corrected chi connectivity index (χ2v) is 11.6. The number of anilines is 1. The Bertz CT molecular complexity index is 1960. The molecule has 3 saturated carbocycles. The van der Waals surface area contributed by atoms with Gasteiger partial charge in [-0.25, -0.2) is 18.2 Å². The highest BCUT2D eigenvalue weighted by Crippen LogP contribution is 2.47. The Balaban J connectivity index is 1.39. The Kier molecular flexibility index (Phi) is 7.16. The standard InChI is InChI=1S/C35H27F3N4O3/c36-21-14-24-26(17-40-33(24)27(37)15-21)32-25(16-39)28(18-10-12-23(13-11-18)45-22-4-2-1-3-5-22)30(38)34(42-32)41-31-20-8-6-19(7-9-20)29(31)35(43)44/h1-5,10-15,17,19-20,29,31,40H,6-9H2,(H,41,42)(H,43,44). The fraction of sp³-hybridized carbons (Fsp3) is 0.229. The summed E-state index contributed by atoms with van der Waals surface area (Å²) in [4.78, 5) is 19.7. The monoisotopic (exact) mass is 608 g/mol. The lowest BCUT2D eigenvalue weighted by Crippen LogP contribution is -2.51. The molecule has 226 valence electrons. The van der Waals surface area contributed by atoms with Gasteiger partial charge in [-0.2, -0.15) is 5.26 Å². The number of carboxylic acids is 1. The van der Waals surface area contributed by atoms with E-state index in [1.54, 1.807) is 36.4 Å². The number of aromatic amines is 1. The third-order valence-corrected chi connectivity index (χ3v) is 9.14. The molecule has 10 heteroatoms. The molecule has 0 radical (unpaired) electrons. The smallest absolute Gasteiger partial charge is 0.308 e. The molecule has 0 aliphatic heterocycles. The number of halogens is 3. The van der Waals surface area contributed by atoms with Crippen molar-refractivity contribution in [1.29, 1.82) is 5.26 Å². The van der Waals surface area contributed by atoms with Gasteiger partial charge in [0, 0.05) is 34.8 Å². The van der Waals surface area contributed by atoms with Gasteiger partial charge in [-0.15, -0.1) is 0 Å². The summed E-state index contributed by atoms with van der Waals surface area (Å²) in [5, 5.41) is 23.8. The molecule has 45 heavy (non-hydrogen) atoms. The van der Waals surface area contributed by atoms with Gasteiger partial charge in [-0.3, -0.25) is 4.79 Å². The topological polar surface area (TPSA) is 111 Å². The number of rotatable bonds is 7. The summed E-state index contributed by atoms with van der Waals surface area (Å²) < 4.78 is 51.6. The first-order chi connectivity index (χ1) is 21.8. The number of aromatic nitrogens is 2. The van der Waals surface area contributed by atoms with E-state index in [1.165, 1.54) is 6.20 Å². The third-order valence-electron chi connectivity index (χ3n) is 9.14. The number of hydrogen-bond donors (Lipinski definition) is 3. The lowest BCUT2D eigenvalue weighted by molar-refractivity contribution is -0.148. The minimum atomic E-state index is -0.951.